The van der Waals surface area contributed by atoms with Gasteiger partial charge in [0.15, 0.2) is 11.4 Å². The van der Waals surface area contributed by atoms with Gasteiger partial charge in [0.25, 0.3) is 0 Å². The van der Waals surface area contributed by atoms with Crippen molar-refractivity contribution in [3.8, 4) is 0 Å². The minimum atomic E-state index is -0.843. The summed E-state index contributed by atoms with van der Waals surface area (Å²) in [5, 5.41) is 12.2. The van der Waals surface area contributed by atoms with Crippen LogP contribution < -0.4 is 16.0 Å². The largest absolute Gasteiger partial charge is 0.445 e. The molecule has 49 heavy (non-hydrogen) atoms. The zero-order valence-electron chi connectivity index (χ0n) is 28.7. The molecule has 2 heterocycles. The van der Waals surface area contributed by atoms with Crippen molar-refractivity contribution in [2.24, 2.45) is 11.8 Å². The number of hydrogen-bond acceptors (Lipinski definition) is 9. The molecule has 270 valence electrons. The Hall–Kier alpha value is -3.55. The van der Waals surface area contributed by atoms with E-state index in [9.17, 15) is 19.2 Å². The van der Waals surface area contributed by atoms with Crippen LogP contribution >= 0.6 is 11.3 Å². The van der Waals surface area contributed by atoms with E-state index < -0.39 is 30.4 Å². The lowest BCUT2D eigenvalue weighted by Crippen LogP contribution is -2.52. The van der Waals surface area contributed by atoms with Gasteiger partial charge in [0.05, 0.1) is 12.0 Å². The third-order valence-corrected chi connectivity index (χ3v) is 9.89. The fourth-order valence-electron chi connectivity index (χ4n) is 6.60. The average molecular weight is 700 g/mol. The van der Waals surface area contributed by atoms with Crippen LogP contribution in [0.2, 0.25) is 0 Å². The summed E-state index contributed by atoms with van der Waals surface area (Å²) in [6.07, 6.45) is 12.7. The first-order valence-corrected chi connectivity index (χ1v) is 18.8. The van der Waals surface area contributed by atoms with E-state index >= 15 is 0 Å². The summed E-state index contributed by atoms with van der Waals surface area (Å²) >= 11 is 1.30. The number of alkyl carbamates (subject to hydrolysis) is 1. The highest BCUT2D eigenvalue weighted by Gasteiger charge is 2.38. The molecule has 1 aliphatic heterocycles. The number of carbonyl (C=O) groups excluding carboxylic acids is 4. The van der Waals surface area contributed by atoms with Gasteiger partial charge in [-0.3, -0.25) is 14.4 Å². The molecule has 1 aliphatic carbocycles. The first-order chi connectivity index (χ1) is 24.0. The molecule has 0 bridgehead atoms. The van der Waals surface area contributed by atoms with Gasteiger partial charge < -0.3 is 25.4 Å². The molecule has 12 nitrogen and oxygen atoms in total. The fraction of sp³-hybridized carbons (Fsp3) is 0.639. The SMILES string of the molecule is CCC[C@@H]([C@@H](CC1CCCCC1)C(=O)N[C@@H](CCCCNC(=O)OCc1ccccc1)C(=O)Nc1nccs1)N(C=O)OC1CCCCO1. The summed E-state index contributed by atoms with van der Waals surface area (Å²) in [5.41, 5.74) is 0.899. The predicted octanol–water partition coefficient (Wildman–Crippen LogP) is 6.34. The summed E-state index contributed by atoms with van der Waals surface area (Å²) in [6.45, 7) is 3.14. The average Bonchev–Trinajstić information content (AvgIpc) is 3.65. The molecule has 1 aromatic carbocycles. The van der Waals surface area contributed by atoms with Crippen LogP contribution in [0.3, 0.4) is 0 Å². The standard InChI is InChI=1S/C36H53N5O7S/c1-2-13-31(41(26-42)48-32-19-10-12-22-46-32)29(24-27-14-5-3-6-15-27)33(43)39-30(34(44)40-35-37-21-23-49-35)18-9-11-20-38-36(45)47-25-28-16-7-4-8-17-28/h4,7-8,16-17,21,23,26-27,29-32H,2-3,5-6,9-15,18-20,22,24-25H2,1H3,(H,38,45)(H,39,43)(H,37,40,44)/t29-,30+,31+,32?/m1/s1. The number of ether oxygens (including phenoxy) is 2. The van der Waals surface area contributed by atoms with Crippen LogP contribution in [0.5, 0.6) is 0 Å². The number of hydroxylamine groups is 2. The van der Waals surface area contributed by atoms with E-state index in [2.05, 4.69) is 20.9 Å². The lowest BCUT2D eigenvalue weighted by molar-refractivity contribution is -0.290. The third kappa shape index (κ3) is 13.4. The minimum Gasteiger partial charge on any atom is -0.445 e. The molecule has 4 rings (SSSR count). The van der Waals surface area contributed by atoms with Gasteiger partial charge in [-0.15, -0.1) is 11.3 Å². The van der Waals surface area contributed by atoms with E-state index in [4.69, 9.17) is 14.3 Å². The first-order valence-electron chi connectivity index (χ1n) is 17.9. The van der Waals surface area contributed by atoms with Crippen LogP contribution in [0.1, 0.15) is 102 Å². The number of nitrogens with one attached hydrogen (secondary N) is 3. The number of aromatic nitrogens is 1. The van der Waals surface area contributed by atoms with Crippen LogP contribution in [0.25, 0.3) is 0 Å². The van der Waals surface area contributed by atoms with Gasteiger partial charge in [-0.25, -0.2) is 19.7 Å². The summed E-state index contributed by atoms with van der Waals surface area (Å²) < 4.78 is 11.1. The summed E-state index contributed by atoms with van der Waals surface area (Å²) in [5.74, 6) is -0.862. The number of rotatable bonds is 20. The van der Waals surface area contributed by atoms with Crippen molar-refractivity contribution in [1.82, 2.24) is 20.7 Å². The molecule has 0 radical (unpaired) electrons. The molecule has 1 saturated heterocycles. The van der Waals surface area contributed by atoms with Crippen molar-refractivity contribution in [3.05, 3.63) is 47.5 Å². The zero-order valence-corrected chi connectivity index (χ0v) is 29.5. The smallest absolute Gasteiger partial charge is 0.407 e. The van der Waals surface area contributed by atoms with Gasteiger partial charge in [0.2, 0.25) is 18.2 Å². The molecule has 13 heteroatoms. The Balaban J connectivity index is 1.41. The Bertz CT molecular complexity index is 1260. The van der Waals surface area contributed by atoms with Crippen LogP contribution in [0.4, 0.5) is 9.93 Å². The highest BCUT2D eigenvalue weighted by molar-refractivity contribution is 7.13. The maximum Gasteiger partial charge on any atom is 0.407 e. The number of nitrogens with zero attached hydrogens (tertiary/aromatic N) is 2. The Kier molecular flexibility index (Phi) is 16.8. The number of amides is 4. The zero-order chi connectivity index (χ0) is 34.7. The molecule has 1 aromatic heterocycles. The van der Waals surface area contributed by atoms with E-state index in [1.165, 1.54) is 22.8 Å². The van der Waals surface area contributed by atoms with Gasteiger partial charge >= 0.3 is 6.09 Å². The van der Waals surface area contributed by atoms with Crippen LogP contribution in [-0.2, 0) is 35.3 Å². The first kappa shape index (κ1) is 38.3. The van der Waals surface area contributed by atoms with Crippen LogP contribution in [0, 0.1) is 11.8 Å². The normalized spacial score (nSPS) is 18.4. The molecule has 0 spiro atoms. The number of thiazole rings is 1. The number of hydrogen-bond donors (Lipinski definition) is 3. The summed E-state index contributed by atoms with van der Waals surface area (Å²) in [6, 6.07) is 8.09. The molecule has 3 N–H and O–H groups in total. The van der Waals surface area contributed by atoms with Crippen molar-refractivity contribution < 1.29 is 33.5 Å². The van der Waals surface area contributed by atoms with Gasteiger partial charge in [0, 0.05) is 31.1 Å². The number of benzene rings is 1. The van der Waals surface area contributed by atoms with Crippen molar-refractivity contribution in [2.75, 3.05) is 18.5 Å². The number of carbonyl (C=O) groups is 4. The van der Waals surface area contributed by atoms with E-state index in [0.717, 1.165) is 50.5 Å². The number of anilines is 1. The van der Waals surface area contributed by atoms with E-state index in [-0.39, 0.29) is 18.4 Å². The number of unbranched alkanes of at least 4 members (excludes halogenated alkanes) is 1. The van der Waals surface area contributed by atoms with Gasteiger partial charge in [-0.2, -0.15) is 0 Å². The third-order valence-electron chi connectivity index (χ3n) is 9.20. The molecule has 1 saturated carbocycles. The summed E-state index contributed by atoms with van der Waals surface area (Å²) in [4.78, 5) is 62.8. The second-order valence-corrected chi connectivity index (χ2v) is 13.8. The molecule has 2 aliphatic rings. The molecule has 1 unspecified atom stereocenters. The Morgan fingerprint density at radius 2 is 1.84 bits per heavy atom. The monoisotopic (exact) mass is 699 g/mol. The fourth-order valence-corrected chi connectivity index (χ4v) is 7.13. The lowest BCUT2D eigenvalue weighted by atomic mass is 9.79. The van der Waals surface area contributed by atoms with E-state index in [0.29, 0.717) is 69.1 Å². The van der Waals surface area contributed by atoms with Crippen molar-refractivity contribution in [1.29, 1.82) is 0 Å². The molecule has 2 fully saturated rings. The predicted molar refractivity (Wildman–Crippen MR) is 187 cm³/mol. The maximum atomic E-state index is 14.3. The van der Waals surface area contributed by atoms with Gasteiger partial charge in [-0.1, -0.05) is 75.8 Å². The summed E-state index contributed by atoms with van der Waals surface area (Å²) in [7, 11) is 0. The molecule has 2 aromatic rings. The highest BCUT2D eigenvalue weighted by Crippen LogP contribution is 2.33. The van der Waals surface area contributed by atoms with Crippen molar-refractivity contribution >= 4 is 40.8 Å². The van der Waals surface area contributed by atoms with Gasteiger partial charge in [-0.05, 0) is 56.4 Å². The topological polar surface area (TPSA) is 148 Å². The van der Waals surface area contributed by atoms with E-state index in [1.807, 2.05) is 37.3 Å². The Morgan fingerprint density at radius 1 is 1.04 bits per heavy atom. The molecule has 4 atom stereocenters. The molecular weight excluding hydrogens is 646 g/mol. The van der Waals surface area contributed by atoms with Crippen molar-refractivity contribution in [3.63, 3.8) is 0 Å². The Morgan fingerprint density at radius 3 is 2.53 bits per heavy atom. The molecular formula is C36H53N5O7S. The van der Waals surface area contributed by atoms with Crippen LogP contribution in [-0.4, -0.2) is 65.9 Å². The Labute approximate surface area is 294 Å². The minimum absolute atomic E-state index is 0.180. The van der Waals surface area contributed by atoms with Crippen molar-refractivity contribution in [2.45, 2.75) is 122 Å². The van der Waals surface area contributed by atoms with Gasteiger partial charge in [0.1, 0.15) is 12.6 Å². The van der Waals surface area contributed by atoms with E-state index in [1.54, 1.807) is 11.6 Å². The maximum absolute atomic E-state index is 14.3. The highest BCUT2D eigenvalue weighted by atomic mass is 32.1. The second kappa shape index (κ2) is 21.5. The second-order valence-electron chi connectivity index (χ2n) is 12.9. The quantitative estimate of drug-likeness (QED) is 0.0825. The van der Waals surface area contributed by atoms with Crippen LogP contribution in [0.15, 0.2) is 41.9 Å². The molecule has 4 amide bonds. The lowest BCUT2D eigenvalue weighted by Gasteiger charge is -2.38.